The van der Waals surface area contributed by atoms with E-state index in [0.29, 0.717) is 36.0 Å². The molecule has 1 aliphatic heterocycles. The van der Waals surface area contributed by atoms with Gasteiger partial charge in [0.1, 0.15) is 11.1 Å². The lowest BCUT2D eigenvalue weighted by molar-refractivity contribution is -0.139. The molecule has 0 radical (unpaired) electrons. The van der Waals surface area contributed by atoms with Crippen LogP contribution in [0.15, 0.2) is 48.8 Å². The van der Waals surface area contributed by atoms with Gasteiger partial charge in [0.15, 0.2) is 0 Å². The number of nitrogens with one attached hydrogen (secondary N) is 1. The molecule has 2 aliphatic rings. The maximum atomic E-state index is 13.9. The van der Waals surface area contributed by atoms with Crippen LogP contribution in [-0.4, -0.2) is 50.7 Å². The summed E-state index contributed by atoms with van der Waals surface area (Å²) in [6.07, 6.45) is 8.33. The van der Waals surface area contributed by atoms with Crippen molar-refractivity contribution in [1.29, 1.82) is 0 Å². The number of benzene rings is 2. The fraction of sp³-hybridized carbons (Fsp3) is 0.469. The van der Waals surface area contributed by atoms with E-state index in [4.69, 9.17) is 27.9 Å². The van der Waals surface area contributed by atoms with E-state index in [-0.39, 0.29) is 11.9 Å². The van der Waals surface area contributed by atoms with Crippen LogP contribution in [0, 0.1) is 0 Å². The Hall–Kier alpha value is -3.03. The Labute approximate surface area is 251 Å². The molecule has 2 aromatic carbocycles. The van der Waals surface area contributed by atoms with Crippen molar-refractivity contribution >= 4 is 51.8 Å². The highest BCUT2D eigenvalue weighted by molar-refractivity contribution is 6.35. The van der Waals surface area contributed by atoms with E-state index in [1.807, 2.05) is 50.2 Å². The summed E-state index contributed by atoms with van der Waals surface area (Å²) in [6.45, 7) is 8.68. The van der Waals surface area contributed by atoms with Gasteiger partial charge < -0.3 is 19.5 Å². The van der Waals surface area contributed by atoms with Crippen LogP contribution in [0.5, 0.6) is 0 Å². The van der Waals surface area contributed by atoms with E-state index in [1.165, 1.54) is 5.57 Å². The number of ether oxygens (including phenoxy) is 1. The molecule has 1 N–H and O–H groups in total. The number of carbonyl (C=O) groups is 2. The van der Waals surface area contributed by atoms with Crippen LogP contribution >= 0.6 is 23.2 Å². The van der Waals surface area contributed by atoms with Crippen molar-refractivity contribution in [3.8, 4) is 0 Å². The minimum atomic E-state index is -0.906. The maximum absolute atomic E-state index is 13.9. The van der Waals surface area contributed by atoms with Gasteiger partial charge in [0.25, 0.3) is 0 Å². The summed E-state index contributed by atoms with van der Waals surface area (Å²) in [4.78, 5) is 33.1. The van der Waals surface area contributed by atoms with Gasteiger partial charge in [0, 0.05) is 23.1 Å². The molecule has 1 fully saturated rings. The number of amides is 2. The van der Waals surface area contributed by atoms with Crippen LogP contribution in [0.2, 0.25) is 10.0 Å². The van der Waals surface area contributed by atoms with Gasteiger partial charge in [0.05, 0.1) is 23.4 Å². The smallest absolute Gasteiger partial charge is 0.408 e. The largest absolute Gasteiger partial charge is 0.444 e. The summed E-state index contributed by atoms with van der Waals surface area (Å²) in [5.74, 6) is -0.0134. The Kier molecular flexibility index (Phi) is 8.40. The Morgan fingerprint density at radius 1 is 1.07 bits per heavy atom. The van der Waals surface area contributed by atoms with Gasteiger partial charge >= 0.3 is 6.09 Å². The van der Waals surface area contributed by atoms with E-state index < -0.39 is 17.2 Å². The first-order valence-corrected chi connectivity index (χ1v) is 15.1. The van der Waals surface area contributed by atoms with Crippen molar-refractivity contribution in [1.82, 2.24) is 19.8 Å². The van der Waals surface area contributed by atoms with Gasteiger partial charge in [-0.2, -0.15) is 0 Å². The topological polar surface area (TPSA) is 76.5 Å². The second-order valence-electron chi connectivity index (χ2n) is 12.2. The fourth-order valence-electron chi connectivity index (χ4n) is 5.99. The monoisotopic (exact) mass is 596 g/mol. The zero-order valence-electron chi connectivity index (χ0n) is 24.2. The standard InChI is InChI=1S/C32H38Cl2N4O3/c1-21(25-10-9-24(33)19-26(25)34)38-20-35-27-11-8-23(18-28(27)38)22-12-16-37(17-13-22)29(39)32(14-6-5-7-15-32)36-30(40)41-31(2,3)4/h8-12,18-21H,5-7,13-17H2,1-4H3,(H,36,40)/t21-/m1/s1. The molecule has 1 aromatic heterocycles. The highest BCUT2D eigenvalue weighted by Crippen LogP contribution is 2.34. The molecule has 41 heavy (non-hydrogen) atoms. The van der Waals surface area contributed by atoms with Gasteiger partial charge in [0.2, 0.25) is 5.91 Å². The minimum Gasteiger partial charge on any atom is -0.444 e. The first-order valence-electron chi connectivity index (χ1n) is 14.4. The Bertz CT molecular complexity index is 1480. The number of halogens is 2. The molecule has 0 unspecified atom stereocenters. The Morgan fingerprint density at radius 3 is 2.49 bits per heavy atom. The fourth-order valence-corrected chi connectivity index (χ4v) is 6.56. The lowest BCUT2D eigenvalue weighted by atomic mass is 9.80. The van der Waals surface area contributed by atoms with Crippen molar-refractivity contribution in [2.24, 2.45) is 0 Å². The molecular weight excluding hydrogens is 559 g/mol. The quantitative estimate of drug-likeness (QED) is 0.326. The maximum Gasteiger partial charge on any atom is 0.408 e. The van der Waals surface area contributed by atoms with E-state index in [9.17, 15) is 9.59 Å². The van der Waals surface area contributed by atoms with Crippen molar-refractivity contribution in [2.75, 3.05) is 13.1 Å². The molecule has 5 rings (SSSR count). The summed E-state index contributed by atoms with van der Waals surface area (Å²) in [5, 5.41) is 4.22. The molecule has 0 spiro atoms. The molecule has 9 heteroatoms. The summed E-state index contributed by atoms with van der Waals surface area (Å²) >= 11 is 12.6. The summed E-state index contributed by atoms with van der Waals surface area (Å²) in [5.41, 5.74) is 3.67. The third-order valence-electron chi connectivity index (χ3n) is 8.13. The van der Waals surface area contributed by atoms with Crippen LogP contribution in [0.3, 0.4) is 0 Å². The van der Waals surface area contributed by atoms with E-state index in [2.05, 4.69) is 40.0 Å². The lowest BCUT2D eigenvalue weighted by Crippen LogP contribution is -2.61. The van der Waals surface area contributed by atoms with E-state index in [1.54, 1.807) is 6.07 Å². The first-order chi connectivity index (χ1) is 19.5. The van der Waals surface area contributed by atoms with Crippen molar-refractivity contribution < 1.29 is 14.3 Å². The van der Waals surface area contributed by atoms with Gasteiger partial charge in [-0.25, -0.2) is 9.78 Å². The molecule has 7 nitrogen and oxygen atoms in total. The van der Waals surface area contributed by atoms with Crippen molar-refractivity contribution in [2.45, 2.75) is 83.4 Å². The number of hydrogen-bond acceptors (Lipinski definition) is 4. The predicted octanol–water partition coefficient (Wildman–Crippen LogP) is 7.80. The zero-order chi connectivity index (χ0) is 29.4. The lowest BCUT2D eigenvalue weighted by Gasteiger charge is -2.41. The third kappa shape index (κ3) is 6.41. The molecule has 2 amide bonds. The van der Waals surface area contributed by atoms with Crippen LogP contribution in [0.25, 0.3) is 16.6 Å². The molecular formula is C32H38Cl2N4O3. The number of imidazole rings is 1. The summed E-state index contributed by atoms with van der Waals surface area (Å²) in [7, 11) is 0. The predicted molar refractivity (Wildman–Crippen MR) is 164 cm³/mol. The SMILES string of the molecule is C[C@H](c1ccc(Cl)cc1Cl)n1cnc2ccc(C3=CCN(C(=O)C4(NC(=O)OC(C)(C)C)CCCCC4)CC3)cc21. The Morgan fingerprint density at radius 2 is 1.83 bits per heavy atom. The van der Waals surface area contributed by atoms with Crippen LogP contribution < -0.4 is 5.32 Å². The second-order valence-corrected chi connectivity index (χ2v) is 13.0. The zero-order valence-corrected chi connectivity index (χ0v) is 25.7. The molecule has 0 saturated heterocycles. The van der Waals surface area contributed by atoms with E-state index >= 15 is 0 Å². The third-order valence-corrected chi connectivity index (χ3v) is 8.69. The number of alkyl carbamates (subject to hydrolysis) is 1. The number of rotatable bonds is 5. The molecule has 1 atom stereocenters. The number of carbonyl (C=O) groups excluding carboxylic acids is 2. The van der Waals surface area contributed by atoms with Crippen LogP contribution in [-0.2, 0) is 9.53 Å². The van der Waals surface area contributed by atoms with Gasteiger partial charge in [-0.05, 0) is 87.9 Å². The average molecular weight is 598 g/mol. The normalized spacial score (nSPS) is 18.1. The molecule has 1 saturated carbocycles. The molecule has 218 valence electrons. The molecule has 0 bridgehead atoms. The number of hydrogen-bond donors (Lipinski definition) is 1. The molecule has 2 heterocycles. The van der Waals surface area contributed by atoms with Gasteiger partial charge in [-0.15, -0.1) is 0 Å². The Balaban J connectivity index is 1.35. The van der Waals surface area contributed by atoms with Crippen LogP contribution in [0.1, 0.15) is 83.4 Å². The second kappa shape index (κ2) is 11.7. The number of fused-ring (bicyclic) bond motifs is 1. The van der Waals surface area contributed by atoms with Crippen molar-refractivity contribution in [3.05, 3.63) is 70.0 Å². The number of aromatic nitrogens is 2. The molecule has 1 aliphatic carbocycles. The highest BCUT2D eigenvalue weighted by atomic mass is 35.5. The van der Waals surface area contributed by atoms with E-state index in [0.717, 1.165) is 47.8 Å². The average Bonchev–Trinajstić information content (AvgIpc) is 3.35. The first kappa shape index (κ1) is 29.5. The molecule has 3 aromatic rings. The minimum absolute atomic E-state index is 0.0134. The highest BCUT2D eigenvalue weighted by Gasteiger charge is 2.44. The summed E-state index contributed by atoms with van der Waals surface area (Å²) in [6, 6.07) is 11.8. The van der Waals surface area contributed by atoms with Crippen molar-refractivity contribution in [3.63, 3.8) is 0 Å². The van der Waals surface area contributed by atoms with Gasteiger partial charge in [-0.3, -0.25) is 4.79 Å². The van der Waals surface area contributed by atoms with Crippen LogP contribution in [0.4, 0.5) is 4.79 Å². The summed E-state index contributed by atoms with van der Waals surface area (Å²) < 4.78 is 7.65. The van der Waals surface area contributed by atoms with Gasteiger partial charge in [-0.1, -0.05) is 60.7 Å². The number of nitrogens with zero attached hydrogens (tertiary/aromatic N) is 3.